The van der Waals surface area contributed by atoms with Crippen LogP contribution in [0.3, 0.4) is 0 Å². The summed E-state index contributed by atoms with van der Waals surface area (Å²) in [4.78, 5) is 0. The molecule has 5 heavy (non-hydrogen) atoms. The summed E-state index contributed by atoms with van der Waals surface area (Å²) in [6, 6.07) is 0. The first-order chi connectivity index (χ1) is 1.41. The molecule has 0 aromatic carbocycles. The standard InChI is InChI=1S/ClOP.ClH.Zn/c1-3-2;;/h;1H;/p+1. The predicted octanol–water partition coefficient (Wildman–Crippen LogP) is 1.58. The average Bonchev–Trinajstić information content (AvgIpc) is 0.918. The zero-order valence-corrected chi connectivity index (χ0v) is 7.94. The summed E-state index contributed by atoms with van der Waals surface area (Å²) in [6.45, 7) is 0. The summed E-state index contributed by atoms with van der Waals surface area (Å²) in [5, 5.41) is 0. The zero-order chi connectivity index (χ0) is 2.71. The molecule has 0 aliphatic heterocycles. The summed E-state index contributed by atoms with van der Waals surface area (Å²) in [5.74, 6) is 0. The molecule has 0 rings (SSSR count). The maximum atomic E-state index is 8.72. The first-order valence-electron chi connectivity index (χ1n) is 0.393. The molecule has 0 N–H and O–H groups in total. The molecule has 1 unspecified atom stereocenters. The second kappa shape index (κ2) is 18.5. The minimum Gasteiger partial charge on any atom is -0.147 e. The van der Waals surface area contributed by atoms with Crippen LogP contribution in [0.25, 0.3) is 0 Å². The Bertz CT molecular complexity index is 17.1. The molecule has 0 saturated carbocycles. The topological polar surface area (TPSA) is 17.1 Å². The van der Waals surface area contributed by atoms with Crippen molar-refractivity contribution in [1.29, 1.82) is 0 Å². The normalized spacial score (nSPS) is 4.20. The van der Waals surface area contributed by atoms with Crippen molar-refractivity contribution in [2.24, 2.45) is 0 Å². The third-order valence-corrected chi connectivity index (χ3v) is 0. The molecule has 0 aliphatic rings. The second-order valence-corrected chi connectivity index (χ2v) is 0.694. The van der Waals surface area contributed by atoms with E-state index in [1.165, 1.54) is 0 Å². The fourth-order valence-electron chi connectivity index (χ4n) is 0. The first-order valence-corrected chi connectivity index (χ1v) is 2.31. The van der Waals surface area contributed by atoms with Crippen LogP contribution in [-0.4, -0.2) is 0 Å². The van der Waals surface area contributed by atoms with Crippen LogP contribution in [0, 0.1) is 0 Å². The molecule has 0 heterocycles. The van der Waals surface area contributed by atoms with Gasteiger partial charge in [-0.3, -0.25) is 0 Å². The van der Waals surface area contributed by atoms with E-state index in [1.807, 2.05) is 0 Å². The van der Waals surface area contributed by atoms with Gasteiger partial charge in [0.15, 0.2) is 0 Å². The van der Waals surface area contributed by atoms with E-state index in [4.69, 9.17) is 4.57 Å². The molecule has 0 amide bonds. The summed E-state index contributed by atoms with van der Waals surface area (Å²) in [6.07, 6.45) is 0. The van der Waals surface area contributed by atoms with Crippen LogP contribution in [0.2, 0.25) is 0 Å². The van der Waals surface area contributed by atoms with Gasteiger partial charge in [0.2, 0.25) is 11.2 Å². The molecule has 0 radical (unpaired) electrons. The average molecular weight is 185 g/mol. The van der Waals surface area contributed by atoms with Crippen molar-refractivity contribution < 1.29 is 24.0 Å². The third-order valence-electron chi connectivity index (χ3n) is 0. The van der Waals surface area contributed by atoms with E-state index in [-0.39, 0.29) is 31.9 Å². The van der Waals surface area contributed by atoms with E-state index in [0.29, 0.717) is 0 Å². The van der Waals surface area contributed by atoms with Gasteiger partial charge < -0.3 is 0 Å². The molecule has 0 aromatic rings. The van der Waals surface area contributed by atoms with Gasteiger partial charge in [0.1, 0.15) is 0 Å². The third kappa shape index (κ3) is 34.1. The van der Waals surface area contributed by atoms with Crippen LogP contribution in [0.4, 0.5) is 0 Å². The maximum absolute atomic E-state index is 8.72. The molecule has 28 valence electrons. The van der Waals surface area contributed by atoms with Crippen molar-refractivity contribution in [3.05, 3.63) is 0 Å². The van der Waals surface area contributed by atoms with E-state index in [1.54, 1.807) is 0 Å². The molecule has 0 saturated heterocycles. The number of hydrogen-bond donors (Lipinski definition) is 0. The van der Waals surface area contributed by atoms with Gasteiger partial charge in [-0.25, -0.2) is 0 Å². The van der Waals surface area contributed by atoms with Crippen LogP contribution in [0.1, 0.15) is 0 Å². The van der Waals surface area contributed by atoms with Crippen LogP contribution in [0.15, 0.2) is 0 Å². The molecule has 0 spiro atoms. The summed E-state index contributed by atoms with van der Waals surface area (Å²) in [7, 11) is -0.694. The Morgan fingerprint density at radius 1 is 1.60 bits per heavy atom. The van der Waals surface area contributed by atoms with E-state index >= 15 is 0 Å². The molecule has 1 atom stereocenters. The number of halogens is 2. The molecule has 5 heteroatoms. The van der Waals surface area contributed by atoms with Crippen molar-refractivity contribution in [3.8, 4) is 0 Å². The van der Waals surface area contributed by atoms with Crippen molar-refractivity contribution in [2.45, 2.75) is 0 Å². The Morgan fingerprint density at radius 2 is 1.60 bits per heavy atom. The van der Waals surface area contributed by atoms with Crippen LogP contribution < -0.4 is 0 Å². The van der Waals surface area contributed by atoms with Gasteiger partial charge in [0.25, 0.3) is 0 Å². The van der Waals surface area contributed by atoms with Gasteiger partial charge in [-0.15, -0.1) is 12.4 Å². The zero-order valence-electron chi connectivity index (χ0n) is 2.40. The van der Waals surface area contributed by atoms with Gasteiger partial charge >= 0.3 is 7.81 Å². The largest absolute Gasteiger partial charge is 0.441 e. The van der Waals surface area contributed by atoms with Gasteiger partial charge in [-0.05, 0) is 0 Å². The van der Waals surface area contributed by atoms with Crippen LogP contribution >= 0.6 is 31.5 Å². The number of rotatable bonds is 0. The molecule has 0 aromatic heterocycles. The minimum atomic E-state index is -0.694. The van der Waals surface area contributed by atoms with E-state index in [0.717, 1.165) is 0 Å². The van der Waals surface area contributed by atoms with Gasteiger partial charge in [-0.2, -0.15) is 0 Å². The fraction of sp³-hybridized carbons (Fsp3) is 0. The van der Waals surface area contributed by atoms with Gasteiger partial charge in [-0.1, -0.05) is 4.57 Å². The van der Waals surface area contributed by atoms with Crippen LogP contribution in [0.5, 0.6) is 0 Å². The van der Waals surface area contributed by atoms with Gasteiger partial charge in [0.05, 0.1) is 0 Å². The Labute approximate surface area is 55.6 Å². The van der Waals surface area contributed by atoms with Crippen LogP contribution in [-0.2, 0) is 24.0 Å². The first kappa shape index (κ1) is 16.2. The Morgan fingerprint density at radius 3 is 1.60 bits per heavy atom. The Hall–Kier alpha value is 1.30. The fourth-order valence-corrected chi connectivity index (χ4v) is 0. The second-order valence-electron chi connectivity index (χ2n) is 0.0772. The smallest absolute Gasteiger partial charge is 0.147 e. The van der Waals surface area contributed by atoms with Crippen molar-refractivity contribution >= 4 is 31.5 Å². The SMILES string of the molecule is Cl.O=[PH+]Cl.[Zn]. The monoisotopic (exact) mass is 183 g/mol. The Balaban J connectivity index is -0.0000000200. The van der Waals surface area contributed by atoms with E-state index in [9.17, 15) is 0 Å². The molecule has 1 nitrogen and oxygen atoms in total. The van der Waals surface area contributed by atoms with E-state index in [2.05, 4.69) is 11.2 Å². The molecule has 0 fully saturated rings. The van der Waals surface area contributed by atoms with Gasteiger partial charge in [0, 0.05) is 19.5 Å². The summed E-state index contributed by atoms with van der Waals surface area (Å²) >= 11 is 4.47. The van der Waals surface area contributed by atoms with Crippen molar-refractivity contribution in [2.75, 3.05) is 0 Å². The molecule has 0 bridgehead atoms. The summed E-state index contributed by atoms with van der Waals surface area (Å²) < 4.78 is 8.72. The number of hydrogen-bond acceptors (Lipinski definition) is 1. The van der Waals surface area contributed by atoms with E-state index < -0.39 is 7.81 Å². The summed E-state index contributed by atoms with van der Waals surface area (Å²) in [5.41, 5.74) is 0. The Kier molecular flexibility index (Phi) is 60.1. The van der Waals surface area contributed by atoms with Crippen molar-refractivity contribution in [3.63, 3.8) is 0 Å². The molecule has 0 aliphatic carbocycles. The minimum absolute atomic E-state index is 0. The quantitative estimate of drug-likeness (QED) is 0.414. The van der Waals surface area contributed by atoms with Crippen molar-refractivity contribution in [1.82, 2.24) is 0 Å². The predicted molar refractivity (Wildman–Crippen MR) is 22.1 cm³/mol. The molecular weight excluding hydrogens is 183 g/mol. The molecular formula is H2Cl2OPZn+. The maximum Gasteiger partial charge on any atom is 0.441 e.